The number of amides is 2. The predicted octanol–water partition coefficient (Wildman–Crippen LogP) is -1.79. The summed E-state index contributed by atoms with van der Waals surface area (Å²) in [4.78, 5) is 28.4. The highest BCUT2D eigenvalue weighted by atomic mass is 16.5. The van der Waals surface area contributed by atoms with Crippen molar-refractivity contribution < 1.29 is 14.3 Å². The molecule has 2 fully saturated rings. The quantitative estimate of drug-likeness (QED) is 0.461. The minimum absolute atomic E-state index is 0.123. The van der Waals surface area contributed by atoms with Crippen molar-refractivity contribution >= 4 is 12.3 Å². The van der Waals surface area contributed by atoms with E-state index in [0.717, 1.165) is 45.8 Å². The highest BCUT2D eigenvalue weighted by Gasteiger charge is 2.19. The summed E-state index contributed by atoms with van der Waals surface area (Å²) in [6, 6.07) is 0. The molecule has 0 aromatic carbocycles. The van der Waals surface area contributed by atoms with Gasteiger partial charge >= 0.3 is 0 Å². The number of hydrogen-bond acceptors (Lipinski definition) is 5. The Balaban J connectivity index is 1.54. The third kappa shape index (κ3) is 4.73. The average Bonchev–Trinajstić information content (AvgIpc) is 2.52. The zero-order chi connectivity index (χ0) is 14.2. The molecule has 0 bridgehead atoms. The average molecular weight is 284 g/mol. The molecule has 0 spiro atoms. The van der Waals surface area contributed by atoms with E-state index in [4.69, 9.17) is 4.74 Å². The molecule has 0 aromatic heterocycles. The van der Waals surface area contributed by atoms with Crippen LogP contribution in [0.5, 0.6) is 0 Å². The zero-order valence-corrected chi connectivity index (χ0v) is 11.9. The molecular formula is C13H24N4O3. The van der Waals surface area contributed by atoms with Gasteiger partial charge in [0.1, 0.15) is 0 Å². The van der Waals surface area contributed by atoms with E-state index >= 15 is 0 Å². The molecule has 2 aliphatic rings. The first-order valence-corrected chi connectivity index (χ1v) is 7.27. The molecule has 0 aliphatic carbocycles. The van der Waals surface area contributed by atoms with Gasteiger partial charge in [-0.05, 0) is 0 Å². The first-order valence-electron chi connectivity index (χ1n) is 7.27. The second-order valence-electron chi connectivity index (χ2n) is 5.15. The molecule has 2 heterocycles. The number of nitrogens with one attached hydrogen (secondary N) is 1. The third-order valence-electron chi connectivity index (χ3n) is 3.80. The Bertz CT molecular complexity index is 313. The Morgan fingerprint density at radius 1 is 1.10 bits per heavy atom. The van der Waals surface area contributed by atoms with Crippen LogP contribution in [0.1, 0.15) is 0 Å². The first-order chi connectivity index (χ1) is 9.79. The summed E-state index contributed by atoms with van der Waals surface area (Å²) in [6.45, 7) is 8.28. The number of ether oxygens (including phenoxy) is 1. The highest BCUT2D eigenvalue weighted by Crippen LogP contribution is 1.99. The van der Waals surface area contributed by atoms with Crippen molar-refractivity contribution in [2.75, 3.05) is 72.1 Å². The molecule has 7 heteroatoms. The van der Waals surface area contributed by atoms with Crippen molar-refractivity contribution in [3.63, 3.8) is 0 Å². The molecule has 2 aliphatic heterocycles. The summed E-state index contributed by atoms with van der Waals surface area (Å²) < 4.78 is 5.29. The minimum atomic E-state index is 0.123. The summed E-state index contributed by atoms with van der Waals surface area (Å²) in [7, 11) is 0. The largest absolute Gasteiger partial charge is 0.379 e. The van der Waals surface area contributed by atoms with Crippen molar-refractivity contribution in [2.24, 2.45) is 0 Å². The van der Waals surface area contributed by atoms with E-state index in [2.05, 4.69) is 10.2 Å². The maximum atomic E-state index is 12.0. The lowest BCUT2D eigenvalue weighted by atomic mass is 10.3. The van der Waals surface area contributed by atoms with Crippen molar-refractivity contribution in [1.82, 2.24) is 20.0 Å². The standard InChI is InChI=1S/C13H24N4O3/c18-12-16-3-5-17(6-4-16)13(19)11-14-1-2-15-7-9-20-10-8-15/h12,14H,1-11H2. The van der Waals surface area contributed by atoms with Gasteiger partial charge in [-0.2, -0.15) is 0 Å². The van der Waals surface area contributed by atoms with Gasteiger partial charge in [-0.3, -0.25) is 14.5 Å². The van der Waals surface area contributed by atoms with Gasteiger partial charge in [0.2, 0.25) is 12.3 Å². The van der Waals surface area contributed by atoms with Gasteiger partial charge < -0.3 is 19.9 Å². The summed E-state index contributed by atoms with van der Waals surface area (Å²) in [6.07, 6.45) is 0.850. The summed E-state index contributed by atoms with van der Waals surface area (Å²) in [5, 5.41) is 3.20. The molecule has 1 N–H and O–H groups in total. The number of rotatable bonds is 6. The number of morpholine rings is 1. The number of carbonyl (C=O) groups excluding carboxylic acids is 2. The van der Waals surface area contributed by atoms with Gasteiger partial charge in [0.05, 0.1) is 19.8 Å². The molecule has 0 atom stereocenters. The van der Waals surface area contributed by atoms with Crippen LogP contribution in [0.25, 0.3) is 0 Å². The molecule has 20 heavy (non-hydrogen) atoms. The van der Waals surface area contributed by atoms with Crippen LogP contribution >= 0.6 is 0 Å². The molecular weight excluding hydrogens is 260 g/mol. The van der Waals surface area contributed by atoms with Crippen LogP contribution in [0, 0.1) is 0 Å². The monoisotopic (exact) mass is 284 g/mol. The van der Waals surface area contributed by atoms with E-state index in [0.29, 0.717) is 32.7 Å². The van der Waals surface area contributed by atoms with E-state index in [-0.39, 0.29) is 5.91 Å². The molecule has 2 saturated heterocycles. The number of carbonyl (C=O) groups is 2. The maximum Gasteiger partial charge on any atom is 0.236 e. The fourth-order valence-corrected chi connectivity index (χ4v) is 2.45. The lowest BCUT2D eigenvalue weighted by Crippen LogP contribution is -2.50. The van der Waals surface area contributed by atoms with Crippen molar-refractivity contribution in [3.8, 4) is 0 Å². The molecule has 0 saturated carbocycles. The topological polar surface area (TPSA) is 65.1 Å². The summed E-state index contributed by atoms with van der Waals surface area (Å²) >= 11 is 0. The van der Waals surface area contributed by atoms with Crippen LogP contribution in [0.3, 0.4) is 0 Å². The normalized spacial score (nSPS) is 21.0. The van der Waals surface area contributed by atoms with Crippen molar-refractivity contribution in [2.45, 2.75) is 0 Å². The van der Waals surface area contributed by atoms with Crippen LogP contribution < -0.4 is 5.32 Å². The lowest BCUT2D eigenvalue weighted by Gasteiger charge is -2.32. The molecule has 0 radical (unpaired) electrons. The second kappa shape index (κ2) is 8.18. The van der Waals surface area contributed by atoms with Crippen LogP contribution in [0.15, 0.2) is 0 Å². The van der Waals surface area contributed by atoms with Gasteiger partial charge in [0.25, 0.3) is 0 Å². The highest BCUT2D eigenvalue weighted by molar-refractivity contribution is 5.78. The second-order valence-corrected chi connectivity index (χ2v) is 5.15. The Kier molecular flexibility index (Phi) is 6.23. The predicted molar refractivity (Wildman–Crippen MR) is 74.3 cm³/mol. The fraction of sp³-hybridized carbons (Fsp3) is 0.846. The Hall–Kier alpha value is -1.18. The van der Waals surface area contributed by atoms with Crippen molar-refractivity contribution in [3.05, 3.63) is 0 Å². The van der Waals surface area contributed by atoms with E-state index in [1.54, 1.807) is 4.90 Å². The van der Waals surface area contributed by atoms with Crippen LogP contribution in [-0.2, 0) is 14.3 Å². The zero-order valence-electron chi connectivity index (χ0n) is 11.9. The number of hydrogen-bond donors (Lipinski definition) is 1. The molecule has 7 nitrogen and oxygen atoms in total. The van der Waals surface area contributed by atoms with Crippen LogP contribution in [0.2, 0.25) is 0 Å². The van der Waals surface area contributed by atoms with Gasteiger partial charge in [-0.1, -0.05) is 0 Å². The van der Waals surface area contributed by atoms with Crippen molar-refractivity contribution in [1.29, 1.82) is 0 Å². The SMILES string of the molecule is O=CN1CCN(C(=O)CNCCN2CCOCC2)CC1. The van der Waals surface area contributed by atoms with Gasteiger partial charge in [0, 0.05) is 52.4 Å². The Labute approximate surface area is 119 Å². The van der Waals surface area contributed by atoms with E-state index in [1.807, 2.05) is 4.90 Å². The maximum absolute atomic E-state index is 12.0. The van der Waals surface area contributed by atoms with E-state index in [9.17, 15) is 9.59 Å². The fourth-order valence-electron chi connectivity index (χ4n) is 2.45. The number of nitrogens with zero attached hydrogens (tertiary/aromatic N) is 3. The van der Waals surface area contributed by atoms with Gasteiger partial charge in [-0.15, -0.1) is 0 Å². The van der Waals surface area contributed by atoms with Gasteiger partial charge in [0.15, 0.2) is 0 Å². The smallest absolute Gasteiger partial charge is 0.236 e. The van der Waals surface area contributed by atoms with Crippen LogP contribution in [0.4, 0.5) is 0 Å². The van der Waals surface area contributed by atoms with E-state index in [1.165, 1.54) is 0 Å². The molecule has 0 aromatic rings. The Morgan fingerprint density at radius 2 is 1.80 bits per heavy atom. The molecule has 2 amide bonds. The molecule has 0 unspecified atom stereocenters. The lowest BCUT2D eigenvalue weighted by molar-refractivity contribution is -0.134. The molecule has 114 valence electrons. The third-order valence-corrected chi connectivity index (χ3v) is 3.80. The summed E-state index contributed by atoms with van der Waals surface area (Å²) in [5.74, 6) is 0.123. The molecule has 2 rings (SSSR count). The number of piperazine rings is 1. The van der Waals surface area contributed by atoms with E-state index < -0.39 is 0 Å². The Morgan fingerprint density at radius 3 is 2.45 bits per heavy atom. The summed E-state index contributed by atoms with van der Waals surface area (Å²) in [5.41, 5.74) is 0. The van der Waals surface area contributed by atoms with Gasteiger partial charge in [-0.25, -0.2) is 0 Å². The first kappa shape index (κ1) is 15.2. The minimum Gasteiger partial charge on any atom is -0.379 e. The van der Waals surface area contributed by atoms with Crippen LogP contribution in [-0.4, -0.2) is 99.1 Å².